The van der Waals surface area contributed by atoms with E-state index in [-0.39, 0.29) is 12.5 Å². The lowest BCUT2D eigenvalue weighted by atomic mass is 9.99. The fourth-order valence-corrected chi connectivity index (χ4v) is 6.68. The number of aliphatic hydroxyl groups is 5. The lowest BCUT2D eigenvalue weighted by Gasteiger charge is -2.40. The summed E-state index contributed by atoms with van der Waals surface area (Å²) in [4.78, 5) is 12.9. The Labute approximate surface area is 306 Å². The Morgan fingerprint density at radius 3 is 1.56 bits per heavy atom. The van der Waals surface area contributed by atoms with Crippen LogP contribution in [0.4, 0.5) is 0 Å². The van der Waals surface area contributed by atoms with Gasteiger partial charge in [0.2, 0.25) is 5.91 Å². The van der Waals surface area contributed by atoms with Crippen molar-refractivity contribution in [2.24, 2.45) is 0 Å². The minimum absolute atomic E-state index is 0.177. The van der Waals surface area contributed by atoms with Gasteiger partial charge in [-0.1, -0.05) is 174 Å². The van der Waals surface area contributed by atoms with Crippen molar-refractivity contribution in [1.82, 2.24) is 5.32 Å². The van der Waals surface area contributed by atoms with Crippen molar-refractivity contribution in [2.45, 2.75) is 230 Å². The maximum atomic E-state index is 12.9. The van der Waals surface area contributed by atoms with Crippen LogP contribution in [-0.2, 0) is 14.3 Å². The molecule has 1 aliphatic heterocycles. The number of unbranched alkanes of at least 4 members (excludes halogenated alkanes) is 24. The number of hydrogen-bond acceptors (Lipinski definition) is 8. The third kappa shape index (κ3) is 23.5. The van der Waals surface area contributed by atoms with E-state index in [9.17, 15) is 30.3 Å². The summed E-state index contributed by atoms with van der Waals surface area (Å²) in [6.07, 6.45) is 28.2. The summed E-state index contributed by atoms with van der Waals surface area (Å²) in [5, 5.41) is 54.0. The van der Waals surface area contributed by atoms with Crippen molar-refractivity contribution in [3.8, 4) is 0 Å². The molecule has 1 fully saturated rings. The molecule has 0 aliphatic carbocycles. The molecule has 0 radical (unpaired) electrons. The molecule has 0 bridgehead atoms. The first kappa shape index (κ1) is 47.0. The van der Waals surface area contributed by atoms with Gasteiger partial charge in [0.25, 0.3) is 0 Å². The van der Waals surface area contributed by atoms with E-state index < -0.39 is 49.5 Å². The predicted octanol–water partition coefficient (Wildman–Crippen LogP) is 7.78. The van der Waals surface area contributed by atoms with Gasteiger partial charge in [-0.3, -0.25) is 4.79 Å². The standard InChI is InChI=1S/C41H79NO8/c1-3-5-7-9-11-13-15-17-18-19-21-23-25-27-29-31-37(45)42-34(33-49-41-40(48)39(47)38(46)36(32-43)50-41)35(44)30-28-26-24-22-20-16-14-12-10-8-6-4-2/h28,30,34-36,38-41,43-44,46-48H,3-27,29,31-33H2,1-2H3,(H,42,45). The van der Waals surface area contributed by atoms with Gasteiger partial charge in [0.05, 0.1) is 25.4 Å². The molecule has 0 spiro atoms. The Balaban J connectivity index is 2.40. The molecular weight excluding hydrogens is 634 g/mol. The molecule has 1 heterocycles. The van der Waals surface area contributed by atoms with Crippen molar-refractivity contribution in [3.63, 3.8) is 0 Å². The normalized spacial score (nSPS) is 22.3. The lowest BCUT2D eigenvalue weighted by Crippen LogP contribution is -2.60. The zero-order chi connectivity index (χ0) is 36.7. The van der Waals surface area contributed by atoms with Gasteiger partial charge in [0.15, 0.2) is 6.29 Å². The van der Waals surface area contributed by atoms with Crippen LogP contribution in [-0.4, -0.2) is 87.5 Å². The van der Waals surface area contributed by atoms with Gasteiger partial charge in [-0.05, 0) is 19.3 Å². The molecule has 296 valence electrons. The molecule has 0 aromatic heterocycles. The van der Waals surface area contributed by atoms with Gasteiger partial charge in [-0.25, -0.2) is 0 Å². The Bertz CT molecular complexity index is 797. The zero-order valence-electron chi connectivity index (χ0n) is 32.2. The quantitative estimate of drug-likeness (QED) is 0.0293. The number of rotatable bonds is 34. The molecule has 1 rings (SSSR count). The van der Waals surface area contributed by atoms with Crippen LogP contribution in [0.5, 0.6) is 0 Å². The van der Waals surface area contributed by atoms with Crippen molar-refractivity contribution < 1.29 is 39.8 Å². The predicted molar refractivity (Wildman–Crippen MR) is 203 cm³/mol. The summed E-state index contributed by atoms with van der Waals surface area (Å²) in [5.41, 5.74) is 0. The topological polar surface area (TPSA) is 149 Å². The monoisotopic (exact) mass is 714 g/mol. The molecular formula is C41H79NO8. The van der Waals surface area contributed by atoms with Crippen LogP contribution in [0.2, 0.25) is 0 Å². The molecule has 7 unspecified atom stereocenters. The van der Waals surface area contributed by atoms with Gasteiger partial charge in [-0.15, -0.1) is 0 Å². The summed E-state index contributed by atoms with van der Waals surface area (Å²) in [6.45, 7) is 3.76. The van der Waals surface area contributed by atoms with E-state index in [1.165, 1.54) is 128 Å². The zero-order valence-corrected chi connectivity index (χ0v) is 32.2. The van der Waals surface area contributed by atoms with E-state index in [4.69, 9.17) is 9.47 Å². The van der Waals surface area contributed by atoms with E-state index in [1.807, 2.05) is 6.08 Å². The molecule has 9 heteroatoms. The second-order valence-electron chi connectivity index (χ2n) is 14.8. The highest BCUT2D eigenvalue weighted by molar-refractivity contribution is 5.76. The van der Waals surface area contributed by atoms with Gasteiger partial charge < -0.3 is 40.3 Å². The fraction of sp³-hybridized carbons (Fsp3) is 0.927. The van der Waals surface area contributed by atoms with E-state index >= 15 is 0 Å². The summed E-state index contributed by atoms with van der Waals surface area (Å²) < 4.78 is 11.2. The summed E-state index contributed by atoms with van der Waals surface area (Å²) in [6, 6.07) is -0.796. The van der Waals surface area contributed by atoms with Crippen LogP contribution in [0, 0.1) is 0 Å². The van der Waals surface area contributed by atoms with Crippen LogP contribution in [0.1, 0.15) is 187 Å². The molecule has 1 aliphatic rings. The van der Waals surface area contributed by atoms with E-state index in [0.717, 1.165) is 38.5 Å². The molecule has 50 heavy (non-hydrogen) atoms. The number of aliphatic hydroxyl groups excluding tert-OH is 5. The molecule has 9 nitrogen and oxygen atoms in total. The van der Waals surface area contributed by atoms with Crippen LogP contribution >= 0.6 is 0 Å². The summed E-state index contributed by atoms with van der Waals surface area (Å²) in [7, 11) is 0. The summed E-state index contributed by atoms with van der Waals surface area (Å²) >= 11 is 0. The Hall–Kier alpha value is -1.07. The van der Waals surface area contributed by atoms with E-state index in [1.54, 1.807) is 6.08 Å². The third-order valence-electron chi connectivity index (χ3n) is 10.1. The largest absolute Gasteiger partial charge is 0.394 e. The van der Waals surface area contributed by atoms with Gasteiger partial charge >= 0.3 is 0 Å². The Morgan fingerprint density at radius 2 is 1.10 bits per heavy atom. The first-order valence-corrected chi connectivity index (χ1v) is 20.9. The molecule has 1 saturated heterocycles. The molecule has 6 N–H and O–H groups in total. The number of ether oxygens (including phenoxy) is 2. The van der Waals surface area contributed by atoms with E-state index in [0.29, 0.717) is 6.42 Å². The highest BCUT2D eigenvalue weighted by atomic mass is 16.7. The summed E-state index contributed by atoms with van der Waals surface area (Å²) in [5.74, 6) is -0.177. The van der Waals surface area contributed by atoms with Crippen molar-refractivity contribution in [3.05, 3.63) is 12.2 Å². The van der Waals surface area contributed by atoms with Gasteiger partial charge in [0, 0.05) is 6.42 Å². The number of allylic oxidation sites excluding steroid dienone is 1. The maximum absolute atomic E-state index is 12.9. The lowest BCUT2D eigenvalue weighted by molar-refractivity contribution is -0.302. The van der Waals surface area contributed by atoms with Crippen LogP contribution < -0.4 is 5.32 Å². The number of amides is 1. The number of nitrogens with one attached hydrogen (secondary N) is 1. The molecule has 0 saturated carbocycles. The molecule has 1 amide bonds. The number of carbonyl (C=O) groups excluding carboxylic acids is 1. The third-order valence-corrected chi connectivity index (χ3v) is 10.1. The molecule has 0 aromatic rings. The minimum atomic E-state index is -1.56. The van der Waals surface area contributed by atoms with Crippen LogP contribution in [0.3, 0.4) is 0 Å². The van der Waals surface area contributed by atoms with Crippen molar-refractivity contribution in [1.29, 1.82) is 0 Å². The number of hydrogen-bond donors (Lipinski definition) is 6. The highest BCUT2D eigenvalue weighted by Gasteiger charge is 2.44. The number of carbonyl (C=O) groups is 1. The first-order valence-electron chi connectivity index (χ1n) is 20.9. The van der Waals surface area contributed by atoms with Gasteiger partial charge in [-0.2, -0.15) is 0 Å². The van der Waals surface area contributed by atoms with Crippen molar-refractivity contribution >= 4 is 5.91 Å². The molecule has 0 aromatic carbocycles. The highest BCUT2D eigenvalue weighted by Crippen LogP contribution is 2.22. The molecule has 7 atom stereocenters. The average Bonchev–Trinajstić information content (AvgIpc) is 3.11. The minimum Gasteiger partial charge on any atom is -0.394 e. The average molecular weight is 714 g/mol. The second-order valence-corrected chi connectivity index (χ2v) is 14.8. The first-order chi connectivity index (χ1) is 24.3. The van der Waals surface area contributed by atoms with Gasteiger partial charge in [0.1, 0.15) is 24.4 Å². The van der Waals surface area contributed by atoms with Crippen molar-refractivity contribution in [2.75, 3.05) is 13.2 Å². The fourth-order valence-electron chi connectivity index (χ4n) is 6.68. The van der Waals surface area contributed by atoms with Crippen LogP contribution in [0.25, 0.3) is 0 Å². The maximum Gasteiger partial charge on any atom is 0.220 e. The Morgan fingerprint density at radius 1 is 0.660 bits per heavy atom. The smallest absolute Gasteiger partial charge is 0.220 e. The SMILES string of the molecule is CCCCCCCCCCCCC=CC(O)C(COC1OC(CO)C(O)C(O)C1O)NC(=O)CCCCCCCCCCCCCCCCC. The van der Waals surface area contributed by atoms with E-state index in [2.05, 4.69) is 19.2 Å². The second kappa shape index (κ2) is 32.6. The van der Waals surface area contributed by atoms with Crippen LogP contribution in [0.15, 0.2) is 12.2 Å². The Kier molecular flexibility index (Phi) is 30.6.